The fraction of sp³-hybridized carbons (Fsp3) is 0.778. The zero-order valence-corrected chi connectivity index (χ0v) is 6.99. The molecular formula is C9H16O2. The summed E-state index contributed by atoms with van der Waals surface area (Å²) in [5.41, 5.74) is 0. The highest BCUT2D eigenvalue weighted by Crippen LogP contribution is 2.16. The lowest BCUT2D eigenvalue weighted by Crippen LogP contribution is -2.33. The molecule has 1 aliphatic rings. The quantitative estimate of drug-likeness (QED) is 0.614. The van der Waals surface area contributed by atoms with E-state index in [-0.39, 0.29) is 12.2 Å². The summed E-state index contributed by atoms with van der Waals surface area (Å²) in [4.78, 5) is 0. The summed E-state index contributed by atoms with van der Waals surface area (Å²) in [7, 11) is 0. The highest BCUT2D eigenvalue weighted by atomic mass is 16.5. The maximum Gasteiger partial charge on any atom is 0.0868 e. The monoisotopic (exact) mass is 156 g/mol. The van der Waals surface area contributed by atoms with E-state index in [2.05, 4.69) is 0 Å². The zero-order chi connectivity index (χ0) is 8.10. The summed E-state index contributed by atoms with van der Waals surface area (Å²) >= 11 is 0. The van der Waals surface area contributed by atoms with Crippen molar-refractivity contribution >= 4 is 0 Å². The number of hydrogen-bond donors (Lipinski definition) is 1. The lowest BCUT2D eigenvalue weighted by atomic mass is 10.0. The van der Waals surface area contributed by atoms with Crippen LogP contribution in [0.25, 0.3) is 0 Å². The van der Waals surface area contributed by atoms with Crippen molar-refractivity contribution in [2.75, 3.05) is 6.61 Å². The summed E-state index contributed by atoms with van der Waals surface area (Å²) in [6.07, 6.45) is 6.55. The standard InChI is InChI=1S/C9H16O2/c1-2-3-6-9-8(10)5-4-7-11-9/h2-3,8-10H,4-7H2,1H3/b3-2-/t8-,9+/m1/s1. The van der Waals surface area contributed by atoms with Gasteiger partial charge in [-0.3, -0.25) is 0 Å². The van der Waals surface area contributed by atoms with Crippen molar-refractivity contribution < 1.29 is 9.84 Å². The zero-order valence-electron chi connectivity index (χ0n) is 6.99. The molecule has 2 heteroatoms. The maximum absolute atomic E-state index is 9.44. The third-order valence-corrected chi connectivity index (χ3v) is 2.01. The van der Waals surface area contributed by atoms with E-state index in [1.807, 2.05) is 19.1 Å². The van der Waals surface area contributed by atoms with Gasteiger partial charge in [0.15, 0.2) is 0 Å². The molecule has 0 spiro atoms. The topological polar surface area (TPSA) is 29.5 Å². The number of aliphatic hydroxyl groups excluding tert-OH is 1. The molecule has 0 aliphatic carbocycles. The maximum atomic E-state index is 9.44. The minimum Gasteiger partial charge on any atom is -0.390 e. The van der Waals surface area contributed by atoms with Crippen LogP contribution in [0, 0.1) is 0 Å². The first-order valence-electron chi connectivity index (χ1n) is 4.25. The highest BCUT2D eigenvalue weighted by Gasteiger charge is 2.21. The number of rotatable bonds is 2. The van der Waals surface area contributed by atoms with Crippen molar-refractivity contribution in [3.8, 4) is 0 Å². The van der Waals surface area contributed by atoms with Crippen LogP contribution in [0.5, 0.6) is 0 Å². The summed E-state index contributed by atoms with van der Waals surface area (Å²) < 4.78 is 5.39. The molecule has 11 heavy (non-hydrogen) atoms. The van der Waals surface area contributed by atoms with Gasteiger partial charge < -0.3 is 9.84 Å². The average Bonchev–Trinajstić information content (AvgIpc) is 2.03. The first kappa shape index (κ1) is 8.75. The van der Waals surface area contributed by atoms with Gasteiger partial charge in [-0.2, -0.15) is 0 Å². The van der Waals surface area contributed by atoms with E-state index in [4.69, 9.17) is 4.74 Å². The van der Waals surface area contributed by atoms with Crippen LogP contribution in [-0.2, 0) is 4.74 Å². The molecule has 1 N–H and O–H groups in total. The van der Waals surface area contributed by atoms with Crippen molar-refractivity contribution in [1.82, 2.24) is 0 Å². The molecule has 0 saturated carbocycles. The predicted molar refractivity (Wildman–Crippen MR) is 44.4 cm³/mol. The molecule has 0 bridgehead atoms. The van der Waals surface area contributed by atoms with E-state index >= 15 is 0 Å². The molecule has 0 aromatic carbocycles. The Balaban J connectivity index is 2.29. The molecule has 0 radical (unpaired) electrons. The van der Waals surface area contributed by atoms with Gasteiger partial charge in [-0.15, -0.1) is 0 Å². The predicted octanol–water partition coefficient (Wildman–Crippen LogP) is 1.49. The van der Waals surface area contributed by atoms with Crippen molar-refractivity contribution in [2.24, 2.45) is 0 Å². The van der Waals surface area contributed by atoms with E-state index in [0.717, 1.165) is 25.9 Å². The van der Waals surface area contributed by atoms with Crippen LogP contribution in [-0.4, -0.2) is 23.9 Å². The first-order valence-corrected chi connectivity index (χ1v) is 4.25. The Morgan fingerprint density at radius 1 is 1.64 bits per heavy atom. The average molecular weight is 156 g/mol. The number of hydrogen-bond acceptors (Lipinski definition) is 2. The van der Waals surface area contributed by atoms with E-state index < -0.39 is 0 Å². The van der Waals surface area contributed by atoms with Gasteiger partial charge in [0.2, 0.25) is 0 Å². The Morgan fingerprint density at radius 3 is 3.09 bits per heavy atom. The SMILES string of the molecule is C/C=C\C[C@@H]1OCCC[C@H]1O. The van der Waals surface area contributed by atoms with E-state index in [1.54, 1.807) is 0 Å². The Bertz CT molecular complexity index is 132. The van der Waals surface area contributed by atoms with Crippen molar-refractivity contribution in [3.05, 3.63) is 12.2 Å². The second kappa shape index (κ2) is 4.52. The molecule has 2 nitrogen and oxygen atoms in total. The van der Waals surface area contributed by atoms with Crippen LogP contribution >= 0.6 is 0 Å². The molecule has 0 aromatic heterocycles. The molecule has 1 fully saturated rings. The minimum atomic E-state index is -0.250. The van der Waals surface area contributed by atoms with Gasteiger partial charge in [-0.05, 0) is 26.2 Å². The lowest BCUT2D eigenvalue weighted by molar-refractivity contribution is -0.0713. The van der Waals surface area contributed by atoms with Gasteiger partial charge in [0.05, 0.1) is 12.2 Å². The first-order chi connectivity index (χ1) is 5.34. The van der Waals surface area contributed by atoms with Gasteiger partial charge in [0.1, 0.15) is 0 Å². The Kier molecular flexibility index (Phi) is 3.60. The minimum absolute atomic E-state index is 0.0416. The van der Waals surface area contributed by atoms with Crippen molar-refractivity contribution in [3.63, 3.8) is 0 Å². The van der Waals surface area contributed by atoms with Gasteiger partial charge in [-0.25, -0.2) is 0 Å². The van der Waals surface area contributed by atoms with E-state index in [0.29, 0.717) is 0 Å². The smallest absolute Gasteiger partial charge is 0.0868 e. The van der Waals surface area contributed by atoms with Crippen LogP contribution in [0.15, 0.2) is 12.2 Å². The fourth-order valence-corrected chi connectivity index (χ4v) is 1.32. The molecule has 1 rings (SSSR count). The van der Waals surface area contributed by atoms with Crippen LogP contribution in [0.3, 0.4) is 0 Å². The molecule has 1 aliphatic heterocycles. The summed E-state index contributed by atoms with van der Waals surface area (Å²) in [5.74, 6) is 0. The van der Waals surface area contributed by atoms with Crippen LogP contribution in [0.1, 0.15) is 26.2 Å². The largest absolute Gasteiger partial charge is 0.390 e. The molecule has 1 saturated heterocycles. The molecule has 1 heterocycles. The van der Waals surface area contributed by atoms with Gasteiger partial charge in [0.25, 0.3) is 0 Å². The number of allylic oxidation sites excluding steroid dienone is 1. The fourth-order valence-electron chi connectivity index (χ4n) is 1.32. The number of aliphatic hydroxyl groups is 1. The summed E-state index contributed by atoms with van der Waals surface area (Å²) in [6.45, 7) is 2.79. The van der Waals surface area contributed by atoms with Gasteiger partial charge in [0, 0.05) is 6.61 Å². The second-order valence-corrected chi connectivity index (χ2v) is 2.92. The molecule has 0 aromatic rings. The van der Waals surface area contributed by atoms with E-state index in [9.17, 15) is 5.11 Å². The molecule has 64 valence electrons. The second-order valence-electron chi connectivity index (χ2n) is 2.92. The lowest BCUT2D eigenvalue weighted by Gasteiger charge is -2.26. The van der Waals surface area contributed by atoms with Crippen molar-refractivity contribution in [1.29, 1.82) is 0 Å². The molecule has 0 unspecified atom stereocenters. The molecule has 2 atom stereocenters. The Morgan fingerprint density at radius 2 is 2.45 bits per heavy atom. The van der Waals surface area contributed by atoms with Gasteiger partial charge in [-0.1, -0.05) is 12.2 Å². The molecular weight excluding hydrogens is 140 g/mol. The van der Waals surface area contributed by atoms with Crippen LogP contribution in [0.4, 0.5) is 0 Å². The molecule has 0 amide bonds. The van der Waals surface area contributed by atoms with Crippen LogP contribution < -0.4 is 0 Å². The summed E-state index contributed by atoms with van der Waals surface area (Å²) in [6, 6.07) is 0. The third-order valence-electron chi connectivity index (χ3n) is 2.01. The normalized spacial score (nSPS) is 32.9. The summed E-state index contributed by atoms with van der Waals surface area (Å²) in [5, 5.41) is 9.44. The number of ether oxygens (including phenoxy) is 1. The van der Waals surface area contributed by atoms with Gasteiger partial charge >= 0.3 is 0 Å². The van der Waals surface area contributed by atoms with Crippen LogP contribution in [0.2, 0.25) is 0 Å². The Labute approximate surface area is 67.9 Å². The van der Waals surface area contributed by atoms with Crippen molar-refractivity contribution in [2.45, 2.75) is 38.4 Å². The Hall–Kier alpha value is -0.340. The highest BCUT2D eigenvalue weighted by molar-refractivity contribution is 4.85. The van der Waals surface area contributed by atoms with E-state index in [1.165, 1.54) is 0 Å². The third kappa shape index (κ3) is 2.64.